The van der Waals surface area contributed by atoms with Crippen LogP contribution in [0.2, 0.25) is 10.0 Å². The number of thioether (sulfide) groups is 1. The van der Waals surface area contributed by atoms with E-state index in [2.05, 4.69) is 25.6 Å². The predicted octanol–water partition coefficient (Wildman–Crippen LogP) is 3.80. The average molecular weight is 415 g/mol. The van der Waals surface area contributed by atoms with E-state index in [1.165, 1.54) is 11.8 Å². The fourth-order valence-corrected chi connectivity index (χ4v) is 2.76. The van der Waals surface area contributed by atoms with Gasteiger partial charge >= 0.3 is 0 Å². The average Bonchev–Trinajstić information content (AvgIpc) is 2.55. The highest BCUT2D eigenvalue weighted by molar-refractivity contribution is 7.99. The van der Waals surface area contributed by atoms with Gasteiger partial charge in [-0.25, -0.2) is 0 Å². The van der Waals surface area contributed by atoms with Gasteiger partial charge < -0.3 is 15.5 Å². The maximum absolute atomic E-state index is 12.2. The van der Waals surface area contributed by atoms with E-state index in [-0.39, 0.29) is 17.7 Å². The van der Waals surface area contributed by atoms with Gasteiger partial charge in [0.25, 0.3) is 0 Å². The predicted molar refractivity (Wildman–Crippen MR) is 109 cm³/mol. The first-order valence-corrected chi connectivity index (χ1v) is 9.56. The molecule has 1 amide bonds. The molecule has 7 nitrogen and oxygen atoms in total. The normalized spacial score (nSPS) is 10.7. The summed E-state index contributed by atoms with van der Waals surface area (Å²) in [5, 5.41) is 7.20. The third-order valence-corrected chi connectivity index (χ3v) is 4.54. The molecular weight excluding hydrogens is 395 g/mol. The highest BCUT2D eigenvalue weighted by Crippen LogP contribution is 2.25. The van der Waals surface area contributed by atoms with Crippen molar-refractivity contribution in [2.45, 2.75) is 25.0 Å². The van der Waals surface area contributed by atoms with Gasteiger partial charge in [0.05, 0.1) is 15.8 Å². The van der Waals surface area contributed by atoms with Crippen molar-refractivity contribution in [3.05, 3.63) is 28.2 Å². The third-order valence-electron chi connectivity index (χ3n) is 2.96. The summed E-state index contributed by atoms with van der Waals surface area (Å²) in [5.74, 6) is 0.957. The Kier molecular flexibility index (Phi) is 7.31. The largest absolute Gasteiger partial charge is 0.352 e. The Hall–Kier alpha value is -1.77. The molecule has 1 heterocycles. The van der Waals surface area contributed by atoms with Gasteiger partial charge in [-0.3, -0.25) is 4.79 Å². The van der Waals surface area contributed by atoms with Crippen LogP contribution in [-0.2, 0) is 4.79 Å². The number of anilines is 3. The smallest absolute Gasteiger partial charge is 0.234 e. The summed E-state index contributed by atoms with van der Waals surface area (Å²) in [6, 6.07) is 5.10. The molecule has 0 saturated carbocycles. The van der Waals surface area contributed by atoms with Crippen LogP contribution in [-0.4, -0.2) is 46.7 Å². The lowest BCUT2D eigenvalue weighted by Crippen LogP contribution is -2.19. The maximum atomic E-state index is 12.2. The van der Waals surface area contributed by atoms with Crippen LogP contribution in [0.15, 0.2) is 23.4 Å². The fraction of sp³-hybridized carbons (Fsp3) is 0.375. The number of amides is 1. The molecule has 10 heteroatoms. The molecule has 0 aliphatic heterocycles. The van der Waals surface area contributed by atoms with Crippen molar-refractivity contribution in [3.63, 3.8) is 0 Å². The molecule has 0 saturated heterocycles. The number of aromatic nitrogens is 3. The zero-order valence-electron chi connectivity index (χ0n) is 14.9. The lowest BCUT2D eigenvalue weighted by atomic mass is 10.3. The van der Waals surface area contributed by atoms with Gasteiger partial charge in [0.15, 0.2) is 5.16 Å². The molecule has 1 aromatic carbocycles. The number of benzene rings is 1. The van der Waals surface area contributed by atoms with E-state index in [9.17, 15) is 4.79 Å². The second-order valence-corrected chi connectivity index (χ2v) is 7.66. The molecule has 0 fully saturated rings. The SMILES string of the molecule is CC(C)Nc1nc(SCC(=O)Nc2ccc(Cl)c(Cl)c2)nc(N(C)C)n1. The van der Waals surface area contributed by atoms with Crippen molar-refractivity contribution in [3.8, 4) is 0 Å². The van der Waals surface area contributed by atoms with Gasteiger partial charge in [-0.05, 0) is 32.0 Å². The van der Waals surface area contributed by atoms with E-state index < -0.39 is 0 Å². The quantitative estimate of drug-likeness (QED) is 0.666. The Morgan fingerprint density at radius 2 is 1.92 bits per heavy atom. The molecule has 140 valence electrons. The van der Waals surface area contributed by atoms with E-state index >= 15 is 0 Å². The molecule has 0 aliphatic carbocycles. The second kappa shape index (κ2) is 9.25. The van der Waals surface area contributed by atoms with Crippen molar-refractivity contribution in [2.75, 3.05) is 35.4 Å². The second-order valence-electron chi connectivity index (χ2n) is 5.90. The van der Waals surface area contributed by atoms with E-state index in [1.54, 1.807) is 23.1 Å². The third kappa shape index (κ3) is 6.19. The maximum Gasteiger partial charge on any atom is 0.234 e. The molecule has 0 atom stereocenters. The molecule has 2 aromatic rings. The van der Waals surface area contributed by atoms with Crippen LogP contribution in [0.4, 0.5) is 17.6 Å². The topological polar surface area (TPSA) is 83.0 Å². The molecule has 2 rings (SSSR count). The number of nitrogens with zero attached hydrogens (tertiary/aromatic N) is 4. The van der Waals surface area contributed by atoms with Gasteiger partial charge in [0.1, 0.15) is 0 Å². The fourth-order valence-electron chi connectivity index (χ4n) is 1.83. The van der Waals surface area contributed by atoms with E-state index in [0.717, 1.165) is 0 Å². The van der Waals surface area contributed by atoms with Crippen molar-refractivity contribution in [1.29, 1.82) is 0 Å². The number of halogens is 2. The summed E-state index contributed by atoms with van der Waals surface area (Å²) in [6.07, 6.45) is 0. The number of carbonyl (C=O) groups is 1. The van der Waals surface area contributed by atoms with Gasteiger partial charge in [0.2, 0.25) is 17.8 Å². The van der Waals surface area contributed by atoms with E-state index in [4.69, 9.17) is 23.2 Å². The van der Waals surface area contributed by atoms with Crippen molar-refractivity contribution >= 4 is 58.5 Å². The molecule has 26 heavy (non-hydrogen) atoms. The number of nitrogens with one attached hydrogen (secondary N) is 2. The zero-order chi connectivity index (χ0) is 19.3. The highest BCUT2D eigenvalue weighted by atomic mass is 35.5. The van der Waals surface area contributed by atoms with Crippen molar-refractivity contribution < 1.29 is 4.79 Å². The Bertz CT molecular complexity index is 787. The van der Waals surface area contributed by atoms with Crippen LogP contribution in [0.3, 0.4) is 0 Å². The molecule has 1 aromatic heterocycles. The monoisotopic (exact) mass is 414 g/mol. The number of rotatable bonds is 7. The summed E-state index contributed by atoms with van der Waals surface area (Å²) in [6.45, 7) is 3.99. The Balaban J connectivity index is 2.03. The lowest BCUT2D eigenvalue weighted by molar-refractivity contribution is -0.113. The van der Waals surface area contributed by atoms with Crippen LogP contribution in [0.5, 0.6) is 0 Å². The number of hydrogen-bond donors (Lipinski definition) is 2. The summed E-state index contributed by atoms with van der Waals surface area (Å²) in [4.78, 5) is 27.0. The first-order valence-electron chi connectivity index (χ1n) is 7.82. The van der Waals surface area contributed by atoms with Gasteiger partial charge in [-0.2, -0.15) is 15.0 Å². The lowest BCUT2D eigenvalue weighted by Gasteiger charge is -2.14. The minimum atomic E-state index is -0.196. The molecular formula is C16H20Cl2N6OS. The summed E-state index contributed by atoms with van der Waals surface area (Å²) < 4.78 is 0. The minimum Gasteiger partial charge on any atom is -0.352 e. The Morgan fingerprint density at radius 3 is 2.54 bits per heavy atom. The standard InChI is InChI=1S/C16H20Cl2N6OS/c1-9(2)19-14-21-15(24(3)4)23-16(22-14)26-8-13(25)20-10-5-6-11(17)12(18)7-10/h5-7,9H,8H2,1-4H3,(H,20,25)(H,19,21,22,23). The van der Waals surface area contributed by atoms with Crippen LogP contribution in [0.1, 0.15) is 13.8 Å². The Morgan fingerprint density at radius 1 is 1.19 bits per heavy atom. The summed E-state index contributed by atoms with van der Waals surface area (Å²) >= 11 is 13.0. The van der Waals surface area contributed by atoms with Crippen LogP contribution in [0.25, 0.3) is 0 Å². The van der Waals surface area contributed by atoms with Crippen molar-refractivity contribution in [2.24, 2.45) is 0 Å². The zero-order valence-corrected chi connectivity index (χ0v) is 17.2. The number of carbonyl (C=O) groups excluding carboxylic acids is 1. The molecule has 2 N–H and O–H groups in total. The van der Waals surface area contributed by atoms with Crippen LogP contribution >= 0.6 is 35.0 Å². The van der Waals surface area contributed by atoms with Crippen LogP contribution < -0.4 is 15.5 Å². The molecule has 0 aliphatic rings. The van der Waals surface area contributed by atoms with Crippen molar-refractivity contribution in [1.82, 2.24) is 15.0 Å². The first kappa shape index (κ1) is 20.5. The van der Waals surface area contributed by atoms with Gasteiger partial charge in [-0.15, -0.1) is 0 Å². The van der Waals surface area contributed by atoms with E-state index in [0.29, 0.717) is 32.8 Å². The molecule has 0 spiro atoms. The summed E-state index contributed by atoms with van der Waals surface area (Å²) in [5.41, 5.74) is 0.580. The molecule has 0 unspecified atom stereocenters. The highest BCUT2D eigenvalue weighted by Gasteiger charge is 2.12. The summed E-state index contributed by atoms with van der Waals surface area (Å²) in [7, 11) is 3.69. The molecule has 0 radical (unpaired) electrons. The van der Waals surface area contributed by atoms with Gasteiger partial charge in [0, 0.05) is 25.8 Å². The first-order chi connectivity index (χ1) is 12.2. The number of hydrogen-bond acceptors (Lipinski definition) is 7. The van der Waals surface area contributed by atoms with E-state index in [1.807, 2.05) is 27.9 Å². The molecule has 0 bridgehead atoms. The van der Waals surface area contributed by atoms with Gasteiger partial charge in [-0.1, -0.05) is 35.0 Å². The Labute approximate surface area is 166 Å². The van der Waals surface area contributed by atoms with Crippen LogP contribution in [0, 0.1) is 0 Å². The minimum absolute atomic E-state index is 0.151.